The number of para-hydroxylation sites is 1. The first-order chi connectivity index (χ1) is 14.9. The van der Waals surface area contributed by atoms with Crippen LogP contribution in [0.3, 0.4) is 0 Å². The number of nitrogens with one attached hydrogen (secondary N) is 1. The predicted molar refractivity (Wildman–Crippen MR) is 115 cm³/mol. The second kappa shape index (κ2) is 8.68. The number of ether oxygens (including phenoxy) is 1. The molecule has 1 aromatic heterocycles. The SMILES string of the molecule is COc1cccc2[nH]c(CC3CN(S(=O)(=O)c4ccccc4)CCC3CC(=O)O)nc12. The summed E-state index contributed by atoms with van der Waals surface area (Å²) in [5.41, 5.74) is 1.54. The number of sulfonamides is 1. The van der Waals surface area contributed by atoms with Gasteiger partial charge < -0.3 is 14.8 Å². The van der Waals surface area contributed by atoms with Gasteiger partial charge in [0.2, 0.25) is 10.0 Å². The summed E-state index contributed by atoms with van der Waals surface area (Å²) in [4.78, 5) is 19.6. The summed E-state index contributed by atoms with van der Waals surface area (Å²) in [6.45, 7) is 0.559. The van der Waals surface area contributed by atoms with Gasteiger partial charge in [-0.15, -0.1) is 0 Å². The van der Waals surface area contributed by atoms with Crippen molar-refractivity contribution < 1.29 is 23.1 Å². The molecule has 1 saturated heterocycles. The average molecular weight is 444 g/mol. The number of rotatable bonds is 7. The van der Waals surface area contributed by atoms with E-state index in [1.165, 1.54) is 4.31 Å². The monoisotopic (exact) mass is 443 g/mol. The second-order valence-corrected chi connectivity index (χ2v) is 9.76. The summed E-state index contributed by atoms with van der Waals surface area (Å²) in [5.74, 6) is 0.170. The van der Waals surface area contributed by atoms with E-state index in [0.717, 1.165) is 5.52 Å². The van der Waals surface area contributed by atoms with Gasteiger partial charge in [-0.1, -0.05) is 24.3 Å². The quantitative estimate of drug-likeness (QED) is 0.581. The number of nitrogens with zero attached hydrogens (tertiary/aromatic N) is 2. The number of benzene rings is 2. The third-order valence-electron chi connectivity index (χ3n) is 5.87. The number of hydrogen-bond donors (Lipinski definition) is 2. The maximum Gasteiger partial charge on any atom is 0.303 e. The third-order valence-corrected chi connectivity index (χ3v) is 7.75. The van der Waals surface area contributed by atoms with Crippen LogP contribution in [-0.2, 0) is 21.2 Å². The van der Waals surface area contributed by atoms with Crippen molar-refractivity contribution in [3.8, 4) is 5.75 Å². The van der Waals surface area contributed by atoms with Crippen LogP contribution in [0, 0.1) is 11.8 Å². The molecule has 8 nitrogen and oxygen atoms in total. The summed E-state index contributed by atoms with van der Waals surface area (Å²) in [5, 5.41) is 9.36. The summed E-state index contributed by atoms with van der Waals surface area (Å²) >= 11 is 0. The van der Waals surface area contributed by atoms with Crippen molar-refractivity contribution in [3.63, 3.8) is 0 Å². The van der Waals surface area contributed by atoms with Gasteiger partial charge in [0.1, 0.15) is 17.1 Å². The van der Waals surface area contributed by atoms with E-state index in [-0.39, 0.29) is 29.7 Å². The highest BCUT2D eigenvalue weighted by Crippen LogP contribution is 2.33. The van der Waals surface area contributed by atoms with E-state index in [2.05, 4.69) is 9.97 Å². The van der Waals surface area contributed by atoms with E-state index in [0.29, 0.717) is 36.5 Å². The van der Waals surface area contributed by atoms with E-state index < -0.39 is 16.0 Å². The van der Waals surface area contributed by atoms with Crippen molar-refractivity contribution in [1.29, 1.82) is 0 Å². The van der Waals surface area contributed by atoms with E-state index in [4.69, 9.17) is 4.74 Å². The molecule has 0 spiro atoms. The zero-order valence-electron chi connectivity index (χ0n) is 17.2. The van der Waals surface area contributed by atoms with Gasteiger partial charge in [-0.3, -0.25) is 4.79 Å². The second-order valence-electron chi connectivity index (χ2n) is 7.83. The number of carbonyl (C=O) groups is 1. The molecule has 1 aliphatic heterocycles. The van der Waals surface area contributed by atoms with Gasteiger partial charge in [-0.25, -0.2) is 13.4 Å². The Morgan fingerprint density at radius 1 is 1.19 bits per heavy atom. The number of fused-ring (bicyclic) bond motifs is 1. The topological polar surface area (TPSA) is 113 Å². The fourth-order valence-electron chi connectivity index (χ4n) is 4.30. The molecule has 4 rings (SSSR count). The largest absolute Gasteiger partial charge is 0.494 e. The fraction of sp³-hybridized carbons (Fsp3) is 0.364. The van der Waals surface area contributed by atoms with E-state index in [9.17, 15) is 18.3 Å². The number of aromatic amines is 1. The first-order valence-electron chi connectivity index (χ1n) is 10.2. The van der Waals surface area contributed by atoms with Gasteiger partial charge in [0.05, 0.1) is 17.5 Å². The average Bonchev–Trinajstić information content (AvgIpc) is 3.17. The van der Waals surface area contributed by atoms with Gasteiger partial charge >= 0.3 is 5.97 Å². The molecule has 2 N–H and O–H groups in total. The van der Waals surface area contributed by atoms with E-state index >= 15 is 0 Å². The highest BCUT2D eigenvalue weighted by molar-refractivity contribution is 7.89. The van der Waals surface area contributed by atoms with Crippen molar-refractivity contribution >= 4 is 27.0 Å². The number of aromatic nitrogens is 2. The number of methoxy groups -OCH3 is 1. The predicted octanol–water partition coefficient (Wildman–Crippen LogP) is 2.92. The lowest BCUT2D eigenvalue weighted by molar-refractivity contribution is -0.138. The molecule has 164 valence electrons. The lowest BCUT2D eigenvalue weighted by Gasteiger charge is -2.37. The molecule has 1 fully saturated rings. The molecule has 1 aliphatic rings. The summed E-state index contributed by atoms with van der Waals surface area (Å²) in [6.07, 6.45) is 0.955. The number of hydrogen-bond acceptors (Lipinski definition) is 5. The lowest BCUT2D eigenvalue weighted by atomic mass is 9.82. The van der Waals surface area contributed by atoms with Crippen molar-refractivity contribution in [2.75, 3.05) is 20.2 Å². The van der Waals surface area contributed by atoms with Crippen LogP contribution in [0.5, 0.6) is 5.75 Å². The number of imidazole rings is 1. The van der Waals surface area contributed by atoms with E-state index in [1.54, 1.807) is 37.4 Å². The highest BCUT2D eigenvalue weighted by Gasteiger charge is 2.37. The van der Waals surface area contributed by atoms with Crippen molar-refractivity contribution in [2.24, 2.45) is 11.8 Å². The normalized spacial score (nSPS) is 20.0. The molecule has 0 saturated carbocycles. The summed E-state index contributed by atoms with van der Waals surface area (Å²) in [7, 11) is -2.06. The third kappa shape index (κ3) is 4.42. The maximum absolute atomic E-state index is 13.1. The standard InChI is InChI=1S/C22H25N3O5S/c1-30-19-9-5-8-18-22(19)24-20(23-18)12-16-14-25(11-10-15(16)13-21(26)27)31(28,29)17-6-3-2-4-7-17/h2-9,15-16H,10-14H2,1H3,(H,23,24)(H,26,27). The van der Waals surface area contributed by atoms with Crippen molar-refractivity contribution in [2.45, 2.75) is 24.2 Å². The zero-order valence-corrected chi connectivity index (χ0v) is 18.0. The van der Waals surface area contributed by atoms with Gasteiger partial charge in [-0.05, 0) is 42.5 Å². The smallest absolute Gasteiger partial charge is 0.303 e. The van der Waals surface area contributed by atoms with Crippen LogP contribution >= 0.6 is 0 Å². The van der Waals surface area contributed by atoms with Gasteiger partial charge in [0.25, 0.3) is 0 Å². The molecular weight excluding hydrogens is 418 g/mol. The highest BCUT2D eigenvalue weighted by atomic mass is 32.2. The van der Waals surface area contributed by atoms with E-state index in [1.807, 2.05) is 18.2 Å². The zero-order chi connectivity index (χ0) is 22.0. The minimum atomic E-state index is -3.64. The lowest BCUT2D eigenvalue weighted by Crippen LogP contribution is -2.45. The molecule has 2 atom stereocenters. The molecule has 31 heavy (non-hydrogen) atoms. The van der Waals surface area contributed by atoms with Crippen molar-refractivity contribution in [1.82, 2.24) is 14.3 Å². The molecular formula is C22H25N3O5S. The number of carboxylic acid groups (broad SMARTS) is 1. The number of aliphatic carboxylic acids is 1. The Bertz CT molecular complexity index is 1180. The molecule has 9 heteroatoms. The number of piperidine rings is 1. The first kappa shape index (κ1) is 21.3. The number of H-pyrrole nitrogens is 1. The molecule has 3 aromatic rings. The van der Waals surface area contributed by atoms with Gasteiger partial charge in [0.15, 0.2) is 0 Å². The maximum atomic E-state index is 13.1. The molecule has 0 aliphatic carbocycles. The Morgan fingerprint density at radius 3 is 2.68 bits per heavy atom. The molecule has 2 unspecified atom stereocenters. The van der Waals surface area contributed by atoms with Gasteiger partial charge in [-0.2, -0.15) is 4.31 Å². The van der Waals surface area contributed by atoms with Crippen molar-refractivity contribution in [3.05, 3.63) is 54.4 Å². The minimum absolute atomic E-state index is 0.00738. The molecule has 0 bridgehead atoms. The van der Waals surface area contributed by atoms with Crippen LogP contribution in [0.4, 0.5) is 0 Å². The Morgan fingerprint density at radius 2 is 1.97 bits per heavy atom. The summed E-state index contributed by atoms with van der Waals surface area (Å²) in [6, 6.07) is 13.9. The fourth-order valence-corrected chi connectivity index (χ4v) is 5.83. The van der Waals surface area contributed by atoms with Crippen LogP contribution in [0.2, 0.25) is 0 Å². The van der Waals surface area contributed by atoms with Crippen LogP contribution in [0.15, 0.2) is 53.4 Å². The molecule has 2 heterocycles. The Balaban J connectivity index is 1.61. The van der Waals surface area contributed by atoms with Gasteiger partial charge in [0, 0.05) is 25.9 Å². The summed E-state index contributed by atoms with van der Waals surface area (Å²) < 4.78 is 33.1. The van der Waals surface area contributed by atoms with Crippen LogP contribution in [0.1, 0.15) is 18.7 Å². The number of carboxylic acids is 1. The Labute approximate surface area is 180 Å². The molecule has 2 aromatic carbocycles. The Hall–Kier alpha value is -2.91. The van der Waals surface area contributed by atoms with Crippen LogP contribution in [-0.4, -0.2) is 54.0 Å². The first-order valence-corrected chi connectivity index (χ1v) is 11.6. The van der Waals surface area contributed by atoms with Crippen LogP contribution in [0.25, 0.3) is 11.0 Å². The van der Waals surface area contributed by atoms with Crippen LogP contribution < -0.4 is 4.74 Å². The minimum Gasteiger partial charge on any atom is -0.494 e. The molecule has 0 radical (unpaired) electrons. The molecule has 0 amide bonds. The Kier molecular flexibility index (Phi) is 5.97.